The van der Waals surface area contributed by atoms with E-state index in [9.17, 15) is 4.39 Å². The highest BCUT2D eigenvalue weighted by Gasteiger charge is 2.16. The number of hydrogen-bond donors (Lipinski definition) is 1. The van der Waals surface area contributed by atoms with Crippen LogP contribution in [0.15, 0.2) is 36.4 Å². The van der Waals surface area contributed by atoms with Crippen LogP contribution in [0.4, 0.5) is 10.1 Å². The second-order valence-corrected chi connectivity index (χ2v) is 4.89. The summed E-state index contributed by atoms with van der Waals surface area (Å²) in [6, 6.07) is 10.3. The van der Waals surface area contributed by atoms with Crippen molar-refractivity contribution in [1.82, 2.24) is 20.2 Å². The van der Waals surface area contributed by atoms with E-state index in [0.29, 0.717) is 17.2 Å². The van der Waals surface area contributed by atoms with E-state index < -0.39 is 0 Å². The molecule has 0 aliphatic rings. The zero-order valence-electron chi connectivity index (χ0n) is 11.7. The summed E-state index contributed by atoms with van der Waals surface area (Å²) in [6.07, 6.45) is 0. The van der Waals surface area contributed by atoms with Gasteiger partial charge in [-0.25, -0.2) is 4.39 Å². The third-order valence-electron chi connectivity index (χ3n) is 3.42. The molecule has 1 aromatic heterocycles. The minimum Gasteiger partial charge on any atom is -0.398 e. The molecule has 0 atom stereocenters. The molecule has 0 aliphatic heterocycles. The Labute approximate surface area is 121 Å². The number of nitrogens with two attached hydrogens (primary N) is 1. The van der Waals surface area contributed by atoms with Crippen LogP contribution in [0.3, 0.4) is 0 Å². The number of aromatic nitrogens is 4. The van der Waals surface area contributed by atoms with E-state index in [4.69, 9.17) is 5.73 Å². The summed E-state index contributed by atoms with van der Waals surface area (Å²) in [7, 11) is 0. The molecular formula is C15H14FN5. The smallest absolute Gasteiger partial charge is 0.187 e. The molecule has 21 heavy (non-hydrogen) atoms. The molecule has 0 bridgehead atoms. The summed E-state index contributed by atoms with van der Waals surface area (Å²) in [5.41, 5.74) is 9.45. The van der Waals surface area contributed by atoms with Gasteiger partial charge in [0, 0.05) is 11.3 Å². The van der Waals surface area contributed by atoms with Crippen LogP contribution < -0.4 is 5.73 Å². The van der Waals surface area contributed by atoms with Crippen molar-refractivity contribution >= 4 is 5.69 Å². The largest absolute Gasteiger partial charge is 0.398 e. The Kier molecular flexibility index (Phi) is 3.13. The summed E-state index contributed by atoms with van der Waals surface area (Å²) in [6.45, 7) is 3.77. The highest BCUT2D eigenvalue weighted by molar-refractivity contribution is 5.68. The maximum Gasteiger partial charge on any atom is 0.187 e. The minimum absolute atomic E-state index is 0.317. The molecule has 2 aromatic carbocycles. The van der Waals surface area contributed by atoms with Crippen LogP contribution in [-0.4, -0.2) is 20.2 Å². The molecular weight excluding hydrogens is 269 g/mol. The van der Waals surface area contributed by atoms with E-state index in [2.05, 4.69) is 15.5 Å². The highest BCUT2D eigenvalue weighted by atomic mass is 19.1. The predicted molar refractivity (Wildman–Crippen MR) is 78.4 cm³/mol. The number of rotatable bonds is 2. The minimum atomic E-state index is -0.379. The van der Waals surface area contributed by atoms with Crippen LogP contribution in [0.5, 0.6) is 0 Å². The Morgan fingerprint density at radius 3 is 2.76 bits per heavy atom. The van der Waals surface area contributed by atoms with Gasteiger partial charge in [0.2, 0.25) is 0 Å². The Bertz CT molecular complexity index is 793. The van der Waals surface area contributed by atoms with E-state index in [0.717, 1.165) is 16.7 Å². The first-order chi connectivity index (χ1) is 10.1. The summed E-state index contributed by atoms with van der Waals surface area (Å²) in [4.78, 5) is 0. The van der Waals surface area contributed by atoms with Crippen molar-refractivity contribution in [3.63, 3.8) is 0 Å². The number of hydrogen-bond acceptors (Lipinski definition) is 4. The Hall–Kier alpha value is -2.76. The van der Waals surface area contributed by atoms with Crippen molar-refractivity contribution in [2.75, 3.05) is 5.73 Å². The quantitative estimate of drug-likeness (QED) is 0.734. The third-order valence-corrected chi connectivity index (χ3v) is 3.42. The molecule has 3 rings (SSSR count). The fraction of sp³-hybridized carbons (Fsp3) is 0.133. The van der Waals surface area contributed by atoms with E-state index in [1.54, 1.807) is 18.2 Å². The van der Waals surface area contributed by atoms with Gasteiger partial charge in [-0.2, -0.15) is 4.68 Å². The number of benzene rings is 2. The third kappa shape index (κ3) is 2.24. The first-order valence-electron chi connectivity index (χ1n) is 6.48. The van der Waals surface area contributed by atoms with Crippen LogP contribution in [0.2, 0.25) is 0 Å². The molecule has 0 spiro atoms. The van der Waals surface area contributed by atoms with E-state index in [1.165, 1.54) is 10.7 Å². The molecule has 0 saturated heterocycles. The molecule has 2 N–H and O–H groups in total. The number of nitrogen functional groups attached to an aromatic ring is 1. The van der Waals surface area contributed by atoms with Gasteiger partial charge >= 0.3 is 0 Å². The first kappa shape index (κ1) is 13.2. The van der Waals surface area contributed by atoms with Gasteiger partial charge < -0.3 is 5.73 Å². The molecule has 5 nitrogen and oxygen atoms in total. The lowest BCUT2D eigenvalue weighted by molar-refractivity contribution is 0.607. The molecule has 0 saturated carbocycles. The molecule has 6 heteroatoms. The predicted octanol–water partition coefficient (Wildman–Crippen LogP) is 2.67. The summed E-state index contributed by atoms with van der Waals surface area (Å²) >= 11 is 0. The van der Waals surface area contributed by atoms with Gasteiger partial charge in [0.15, 0.2) is 5.82 Å². The number of nitrogens with zero attached hydrogens (tertiary/aromatic N) is 4. The van der Waals surface area contributed by atoms with E-state index in [1.807, 2.05) is 26.0 Å². The lowest BCUT2D eigenvalue weighted by atomic mass is 10.1. The van der Waals surface area contributed by atoms with Crippen molar-refractivity contribution in [1.29, 1.82) is 0 Å². The van der Waals surface area contributed by atoms with Crippen LogP contribution in [0.1, 0.15) is 11.1 Å². The second kappa shape index (κ2) is 4.97. The Morgan fingerprint density at radius 2 is 1.95 bits per heavy atom. The standard InChI is InChI=1S/C15H14FN5/c1-9-6-7-12(16)14(8-9)21-15(18-19-20-21)11-4-3-5-13(17)10(11)2/h3-8H,17H2,1-2H3. The number of tetrazole rings is 1. The molecule has 0 amide bonds. The summed E-state index contributed by atoms with van der Waals surface area (Å²) in [5, 5.41) is 11.6. The van der Waals surface area contributed by atoms with Crippen LogP contribution in [0, 0.1) is 19.7 Å². The Morgan fingerprint density at radius 1 is 1.14 bits per heavy atom. The summed E-state index contributed by atoms with van der Waals surface area (Å²) < 4.78 is 15.5. The average molecular weight is 283 g/mol. The summed E-state index contributed by atoms with van der Waals surface area (Å²) in [5.74, 6) is 0.0833. The molecule has 0 fully saturated rings. The van der Waals surface area contributed by atoms with Crippen molar-refractivity contribution < 1.29 is 4.39 Å². The van der Waals surface area contributed by atoms with Crippen LogP contribution >= 0.6 is 0 Å². The van der Waals surface area contributed by atoms with Gasteiger partial charge in [-0.05, 0) is 53.6 Å². The first-order valence-corrected chi connectivity index (χ1v) is 6.48. The van der Waals surface area contributed by atoms with Crippen molar-refractivity contribution in [2.24, 2.45) is 0 Å². The number of anilines is 1. The molecule has 0 unspecified atom stereocenters. The second-order valence-electron chi connectivity index (χ2n) is 4.89. The molecule has 1 heterocycles. The van der Waals surface area contributed by atoms with Crippen LogP contribution in [0.25, 0.3) is 17.1 Å². The zero-order chi connectivity index (χ0) is 15.0. The van der Waals surface area contributed by atoms with E-state index in [-0.39, 0.29) is 5.82 Å². The molecule has 3 aromatic rings. The maximum atomic E-state index is 14.1. The van der Waals surface area contributed by atoms with Gasteiger partial charge in [-0.15, -0.1) is 5.10 Å². The molecule has 106 valence electrons. The van der Waals surface area contributed by atoms with Gasteiger partial charge in [-0.1, -0.05) is 18.2 Å². The van der Waals surface area contributed by atoms with Gasteiger partial charge in [0.25, 0.3) is 0 Å². The SMILES string of the molecule is Cc1ccc(F)c(-n2nnnc2-c2cccc(N)c2C)c1. The number of aryl methyl sites for hydroxylation is 1. The average Bonchev–Trinajstić information content (AvgIpc) is 2.93. The van der Waals surface area contributed by atoms with Gasteiger partial charge in [0.05, 0.1) is 0 Å². The highest BCUT2D eigenvalue weighted by Crippen LogP contribution is 2.27. The zero-order valence-corrected chi connectivity index (χ0v) is 11.7. The monoisotopic (exact) mass is 283 g/mol. The lowest BCUT2D eigenvalue weighted by Gasteiger charge is -2.10. The fourth-order valence-electron chi connectivity index (χ4n) is 2.20. The van der Waals surface area contributed by atoms with Crippen molar-refractivity contribution in [2.45, 2.75) is 13.8 Å². The Balaban J connectivity index is 2.22. The van der Waals surface area contributed by atoms with Gasteiger partial charge in [0.1, 0.15) is 11.5 Å². The molecule has 0 aliphatic carbocycles. The van der Waals surface area contributed by atoms with Crippen LogP contribution in [-0.2, 0) is 0 Å². The van der Waals surface area contributed by atoms with Crippen molar-refractivity contribution in [3.8, 4) is 17.1 Å². The van der Waals surface area contributed by atoms with E-state index >= 15 is 0 Å². The number of halogens is 1. The molecule has 0 radical (unpaired) electrons. The van der Waals surface area contributed by atoms with Gasteiger partial charge in [-0.3, -0.25) is 0 Å². The normalized spacial score (nSPS) is 10.8. The van der Waals surface area contributed by atoms with Crippen molar-refractivity contribution in [3.05, 3.63) is 53.3 Å². The maximum absolute atomic E-state index is 14.1. The lowest BCUT2D eigenvalue weighted by Crippen LogP contribution is -2.04. The fourth-order valence-corrected chi connectivity index (χ4v) is 2.20. The topological polar surface area (TPSA) is 69.6 Å².